The average Bonchev–Trinajstić information content (AvgIpc) is 2.03. The van der Waals surface area contributed by atoms with Gasteiger partial charge in [0.05, 0.1) is 27.2 Å². The molecule has 2 nitrogen and oxygen atoms in total. The van der Waals surface area contributed by atoms with Crippen molar-refractivity contribution in [1.82, 2.24) is 4.90 Å². The highest BCUT2D eigenvalue weighted by atomic mass is 15.4. The summed E-state index contributed by atoms with van der Waals surface area (Å²) in [6.45, 7) is 9.79. The molecule has 1 rings (SSSR count). The number of likely N-dealkylation sites (N-methyl/N-ethyl adjacent to an activating group) is 1. The summed E-state index contributed by atoms with van der Waals surface area (Å²) in [5.41, 5.74) is 0. The van der Waals surface area contributed by atoms with E-state index in [-0.39, 0.29) is 0 Å². The standard InChI is InChI=1S/C10H23N2/c1-5-10(2)11-6-8-12(3,4)9-7-11/h10H,5-9H2,1-4H3/q+1. The number of hydrogen-bond acceptors (Lipinski definition) is 1. The Morgan fingerprint density at radius 1 is 1.25 bits per heavy atom. The van der Waals surface area contributed by atoms with Crippen LogP contribution >= 0.6 is 0 Å². The molecule has 0 aromatic heterocycles. The Balaban J connectivity index is 2.36. The molecule has 0 aromatic carbocycles. The van der Waals surface area contributed by atoms with Gasteiger partial charge in [-0.05, 0) is 13.3 Å². The van der Waals surface area contributed by atoms with Crippen LogP contribution in [-0.4, -0.2) is 55.7 Å². The quantitative estimate of drug-likeness (QED) is 0.564. The first-order valence-corrected chi connectivity index (χ1v) is 5.11. The van der Waals surface area contributed by atoms with Gasteiger partial charge in [-0.25, -0.2) is 0 Å². The fourth-order valence-corrected chi connectivity index (χ4v) is 1.72. The minimum absolute atomic E-state index is 0.783. The molecule has 1 saturated heterocycles. The van der Waals surface area contributed by atoms with E-state index in [2.05, 4.69) is 32.8 Å². The van der Waals surface area contributed by atoms with E-state index in [1.54, 1.807) is 0 Å². The highest BCUT2D eigenvalue weighted by Crippen LogP contribution is 2.11. The zero-order valence-corrected chi connectivity index (χ0v) is 9.01. The van der Waals surface area contributed by atoms with Gasteiger partial charge in [0.2, 0.25) is 0 Å². The van der Waals surface area contributed by atoms with E-state index < -0.39 is 0 Å². The molecular formula is C10H23N2+. The van der Waals surface area contributed by atoms with E-state index in [0.29, 0.717) is 0 Å². The molecule has 0 N–H and O–H groups in total. The van der Waals surface area contributed by atoms with Gasteiger partial charge in [0.15, 0.2) is 0 Å². The SMILES string of the molecule is CCC(C)N1CC[N+](C)(C)CC1. The fourth-order valence-electron chi connectivity index (χ4n) is 1.72. The Bertz CT molecular complexity index is 133. The Kier molecular flexibility index (Phi) is 3.13. The van der Waals surface area contributed by atoms with E-state index in [9.17, 15) is 0 Å². The molecule has 1 atom stereocenters. The Morgan fingerprint density at radius 2 is 1.75 bits per heavy atom. The van der Waals surface area contributed by atoms with Crippen molar-refractivity contribution in [3.63, 3.8) is 0 Å². The zero-order chi connectivity index (χ0) is 9.19. The second-order valence-electron chi connectivity index (χ2n) is 4.68. The zero-order valence-electron chi connectivity index (χ0n) is 9.01. The number of hydrogen-bond donors (Lipinski definition) is 0. The number of nitrogens with zero attached hydrogens (tertiary/aromatic N) is 2. The van der Waals surface area contributed by atoms with Crippen LogP contribution in [-0.2, 0) is 0 Å². The maximum absolute atomic E-state index is 2.61. The lowest BCUT2D eigenvalue weighted by Crippen LogP contribution is -2.56. The molecule has 1 heterocycles. The van der Waals surface area contributed by atoms with Crippen LogP contribution in [0.3, 0.4) is 0 Å². The largest absolute Gasteiger partial charge is 0.326 e. The Morgan fingerprint density at radius 3 is 2.17 bits per heavy atom. The summed E-state index contributed by atoms with van der Waals surface area (Å²) in [6.07, 6.45) is 1.29. The van der Waals surface area contributed by atoms with Gasteiger partial charge >= 0.3 is 0 Å². The predicted molar refractivity (Wildman–Crippen MR) is 53.2 cm³/mol. The summed E-state index contributed by atoms with van der Waals surface area (Å²) in [5, 5.41) is 0. The van der Waals surface area contributed by atoms with Gasteiger partial charge < -0.3 is 4.48 Å². The first kappa shape index (κ1) is 10.0. The van der Waals surface area contributed by atoms with Crippen LogP contribution in [0.2, 0.25) is 0 Å². The van der Waals surface area contributed by atoms with Gasteiger partial charge in [-0.15, -0.1) is 0 Å². The van der Waals surface area contributed by atoms with Gasteiger partial charge in [-0.2, -0.15) is 0 Å². The molecule has 0 spiro atoms. The summed E-state index contributed by atoms with van der Waals surface area (Å²) >= 11 is 0. The third kappa shape index (κ3) is 2.46. The monoisotopic (exact) mass is 171 g/mol. The van der Waals surface area contributed by atoms with Crippen molar-refractivity contribution in [3.8, 4) is 0 Å². The normalized spacial score (nSPS) is 27.0. The number of rotatable bonds is 2. The van der Waals surface area contributed by atoms with Crippen LogP contribution in [0.15, 0.2) is 0 Å². The molecule has 0 bridgehead atoms. The van der Waals surface area contributed by atoms with Crippen molar-refractivity contribution < 1.29 is 4.48 Å². The van der Waals surface area contributed by atoms with Crippen LogP contribution in [0.5, 0.6) is 0 Å². The Labute approximate surface area is 76.7 Å². The summed E-state index contributed by atoms with van der Waals surface area (Å²) in [7, 11) is 4.65. The van der Waals surface area contributed by atoms with Crippen LogP contribution in [0, 0.1) is 0 Å². The van der Waals surface area contributed by atoms with E-state index in [4.69, 9.17) is 0 Å². The van der Waals surface area contributed by atoms with Crippen LogP contribution in [0.4, 0.5) is 0 Å². The number of piperazine rings is 1. The molecule has 0 radical (unpaired) electrons. The summed E-state index contributed by atoms with van der Waals surface area (Å²) in [5.74, 6) is 0. The molecule has 12 heavy (non-hydrogen) atoms. The second-order valence-corrected chi connectivity index (χ2v) is 4.68. The average molecular weight is 171 g/mol. The van der Waals surface area contributed by atoms with Gasteiger partial charge in [0.1, 0.15) is 0 Å². The highest BCUT2D eigenvalue weighted by molar-refractivity contribution is 4.68. The second kappa shape index (κ2) is 3.75. The van der Waals surface area contributed by atoms with Gasteiger partial charge in [-0.1, -0.05) is 6.92 Å². The fraction of sp³-hybridized carbons (Fsp3) is 1.00. The molecule has 0 aliphatic carbocycles. The first-order valence-electron chi connectivity index (χ1n) is 5.11. The van der Waals surface area contributed by atoms with Gasteiger partial charge in [0.25, 0.3) is 0 Å². The van der Waals surface area contributed by atoms with Crippen molar-refractivity contribution in [1.29, 1.82) is 0 Å². The van der Waals surface area contributed by atoms with Crippen LogP contribution in [0.25, 0.3) is 0 Å². The number of quaternary nitrogens is 1. The molecule has 0 amide bonds. The van der Waals surface area contributed by atoms with E-state index in [1.807, 2.05) is 0 Å². The summed E-state index contributed by atoms with van der Waals surface area (Å²) in [6, 6.07) is 0.783. The molecular weight excluding hydrogens is 148 g/mol. The maximum Gasteiger partial charge on any atom is 0.0912 e. The summed E-state index contributed by atoms with van der Waals surface area (Å²) in [4.78, 5) is 2.61. The van der Waals surface area contributed by atoms with Gasteiger partial charge in [0, 0.05) is 19.1 Å². The van der Waals surface area contributed by atoms with Crippen LogP contribution < -0.4 is 0 Å². The lowest BCUT2D eigenvalue weighted by atomic mass is 10.2. The maximum atomic E-state index is 2.61. The molecule has 1 fully saturated rings. The lowest BCUT2D eigenvalue weighted by molar-refractivity contribution is -0.894. The smallest absolute Gasteiger partial charge is 0.0912 e. The van der Waals surface area contributed by atoms with E-state index in [0.717, 1.165) is 6.04 Å². The lowest BCUT2D eigenvalue weighted by Gasteiger charge is -2.41. The van der Waals surface area contributed by atoms with E-state index in [1.165, 1.54) is 37.1 Å². The Hall–Kier alpha value is -0.0800. The molecule has 1 aliphatic heterocycles. The third-order valence-electron chi connectivity index (χ3n) is 3.20. The van der Waals surface area contributed by atoms with Crippen molar-refractivity contribution in [3.05, 3.63) is 0 Å². The topological polar surface area (TPSA) is 3.24 Å². The molecule has 0 saturated carbocycles. The van der Waals surface area contributed by atoms with Crippen molar-refractivity contribution in [2.45, 2.75) is 26.3 Å². The predicted octanol–water partition coefficient (Wildman–Crippen LogP) is 1.18. The minimum atomic E-state index is 0.783. The van der Waals surface area contributed by atoms with Crippen molar-refractivity contribution >= 4 is 0 Å². The highest BCUT2D eigenvalue weighted by Gasteiger charge is 2.25. The van der Waals surface area contributed by atoms with Crippen LogP contribution in [0.1, 0.15) is 20.3 Å². The molecule has 2 heteroatoms. The molecule has 72 valence electrons. The summed E-state index contributed by atoms with van der Waals surface area (Å²) < 4.78 is 1.20. The molecule has 0 aromatic rings. The van der Waals surface area contributed by atoms with Crippen molar-refractivity contribution in [2.24, 2.45) is 0 Å². The first-order chi connectivity index (χ1) is 5.55. The minimum Gasteiger partial charge on any atom is -0.326 e. The third-order valence-corrected chi connectivity index (χ3v) is 3.20. The molecule has 1 aliphatic rings. The van der Waals surface area contributed by atoms with Crippen molar-refractivity contribution in [2.75, 3.05) is 40.3 Å². The van der Waals surface area contributed by atoms with Gasteiger partial charge in [-0.3, -0.25) is 4.90 Å². The molecule has 1 unspecified atom stereocenters. The van der Waals surface area contributed by atoms with E-state index >= 15 is 0 Å².